The summed E-state index contributed by atoms with van der Waals surface area (Å²) in [5.41, 5.74) is -0.454. The molecule has 84 valence electrons. The van der Waals surface area contributed by atoms with Gasteiger partial charge in [0.25, 0.3) is 5.69 Å². The molecule has 18 heavy (non-hydrogen) atoms. The summed E-state index contributed by atoms with van der Waals surface area (Å²) < 4.78 is 4.71. The van der Waals surface area contributed by atoms with Crippen molar-refractivity contribution in [2.24, 2.45) is 0 Å². The van der Waals surface area contributed by atoms with Gasteiger partial charge in [-0.15, -0.1) is 0 Å². The summed E-state index contributed by atoms with van der Waals surface area (Å²) in [7, 11) is 23.5. The van der Waals surface area contributed by atoms with Crippen molar-refractivity contribution in [2.75, 3.05) is 0 Å². The molecular formula is C8H6B4NO4P. The zero-order valence-corrected chi connectivity index (χ0v) is 10.4. The standard InChI is InChI=1S/C8H6B4NO4P/c9-7(10,14)4-1-5(8(11,12)17-18)3-6(2-4)13(15)16/h1-3,14H,18H2. The minimum Gasteiger partial charge on any atom is -0.405 e. The Bertz CT molecular complexity index is 477. The van der Waals surface area contributed by atoms with E-state index in [0.29, 0.717) is 0 Å². The van der Waals surface area contributed by atoms with Gasteiger partial charge in [-0.2, -0.15) is 0 Å². The van der Waals surface area contributed by atoms with E-state index in [9.17, 15) is 15.2 Å². The van der Waals surface area contributed by atoms with Crippen LogP contribution in [0.25, 0.3) is 0 Å². The van der Waals surface area contributed by atoms with Crippen LogP contribution in [0.4, 0.5) is 5.69 Å². The van der Waals surface area contributed by atoms with Gasteiger partial charge < -0.3 is 9.63 Å². The van der Waals surface area contributed by atoms with Gasteiger partial charge in [0.05, 0.1) is 4.92 Å². The summed E-state index contributed by atoms with van der Waals surface area (Å²) in [5, 5.41) is 16.2. The van der Waals surface area contributed by atoms with Crippen molar-refractivity contribution in [3.8, 4) is 0 Å². The van der Waals surface area contributed by atoms with E-state index in [1.165, 1.54) is 6.07 Å². The molecule has 8 radical (unpaired) electrons. The van der Waals surface area contributed by atoms with Crippen molar-refractivity contribution in [2.45, 2.75) is 10.8 Å². The van der Waals surface area contributed by atoms with Crippen molar-refractivity contribution in [1.29, 1.82) is 0 Å². The number of nitro groups is 1. The number of hydrogen-bond donors (Lipinski definition) is 1. The second-order valence-electron chi connectivity index (χ2n) is 3.76. The highest BCUT2D eigenvalue weighted by molar-refractivity contribution is 7.10. The quantitative estimate of drug-likeness (QED) is 0.333. The van der Waals surface area contributed by atoms with Crippen LogP contribution in [0.2, 0.25) is 0 Å². The molecule has 0 aliphatic carbocycles. The van der Waals surface area contributed by atoms with Gasteiger partial charge in [0, 0.05) is 22.9 Å². The Kier molecular flexibility index (Phi) is 4.31. The fraction of sp³-hybridized carbons (Fsp3) is 0.250. The Morgan fingerprint density at radius 2 is 1.72 bits per heavy atom. The molecule has 0 bridgehead atoms. The first-order chi connectivity index (χ1) is 8.08. The molecule has 0 spiro atoms. The van der Waals surface area contributed by atoms with Gasteiger partial charge in [-0.05, 0) is 20.6 Å². The van der Waals surface area contributed by atoms with Crippen LogP contribution < -0.4 is 0 Å². The molecule has 0 amide bonds. The lowest BCUT2D eigenvalue weighted by molar-refractivity contribution is -0.385. The summed E-state index contributed by atoms with van der Waals surface area (Å²) in [6, 6.07) is 3.33. The van der Waals surface area contributed by atoms with Crippen molar-refractivity contribution in [1.82, 2.24) is 0 Å². The minimum absolute atomic E-state index is 0.0380. The summed E-state index contributed by atoms with van der Waals surface area (Å²) in [6.07, 6.45) is 0. The average molecular weight is 254 g/mol. The number of nitro benzene ring substituents is 1. The maximum atomic E-state index is 10.8. The van der Waals surface area contributed by atoms with E-state index < -0.39 is 15.7 Å². The van der Waals surface area contributed by atoms with Crippen molar-refractivity contribution in [3.05, 3.63) is 39.4 Å². The molecule has 0 saturated carbocycles. The highest BCUT2D eigenvalue weighted by Crippen LogP contribution is 2.29. The third-order valence-electron chi connectivity index (χ3n) is 2.24. The first-order valence-corrected chi connectivity index (χ1v) is 5.11. The molecule has 1 rings (SSSR count). The average Bonchev–Trinajstić information content (AvgIpc) is 2.27. The number of non-ortho nitro benzene ring substituents is 1. The predicted octanol–water partition coefficient (Wildman–Crippen LogP) is -0.712. The van der Waals surface area contributed by atoms with Gasteiger partial charge in [-0.3, -0.25) is 10.1 Å². The fourth-order valence-electron chi connectivity index (χ4n) is 1.24. The molecule has 1 atom stereocenters. The lowest BCUT2D eigenvalue weighted by Gasteiger charge is -2.27. The molecule has 1 aromatic carbocycles. The maximum Gasteiger partial charge on any atom is 0.270 e. The zero-order valence-electron chi connectivity index (χ0n) is 9.24. The van der Waals surface area contributed by atoms with Gasteiger partial charge in [0.15, 0.2) is 0 Å². The zero-order chi connectivity index (χ0) is 14.1. The molecule has 1 aromatic rings. The molecule has 0 aliphatic rings. The summed E-state index contributed by atoms with van der Waals surface area (Å²) >= 11 is 0. The lowest BCUT2D eigenvalue weighted by Crippen LogP contribution is -2.30. The molecule has 0 saturated heterocycles. The van der Waals surface area contributed by atoms with Crippen LogP contribution in [0.15, 0.2) is 18.2 Å². The second-order valence-corrected chi connectivity index (χ2v) is 4.00. The topological polar surface area (TPSA) is 72.6 Å². The minimum atomic E-state index is -2.25. The van der Waals surface area contributed by atoms with Crippen molar-refractivity contribution in [3.63, 3.8) is 0 Å². The van der Waals surface area contributed by atoms with Crippen molar-refractivity contribution < 1.29 is 14.6 Å². The summed E-state index contributed by atoms with van der Waals surface area (Å²) in [6.45, 7) is 0. The van der Waals surface area contributed by atoms with Gasteiger partial charge in [0.1, 0.15) is 31.4 Å². The monoisotopic (exact) mass is 255 g/mol. The lowest BCUT2D eigenvalue weighted by atomic mass is 9.58. The highest BCUT2D eigenvalue weighted by atomic mass is 31.0. The van der Waals surface area contributed by atoms with Crippen LogP contribution in [-0.2, 0) is 15.3 Å². The second kappa shape index (κ2) is 5.08. The molecular weight excluding hydrogens is 248 g/mol. The van der Waals surface area contributed by atoms with Crippen LogP contribution in [0.1, 0.15) is 11.1 Å². The van der Waals surface area contributed by atoms with Gasteiger partial charge >= 0.3 is 0 Å². The number of benzene rings is 1. The van der Waals surface area contributed by atoms with Crippen LogP contribution >= 0.6 is 9.47 Å². The molecule has 0 heterocycles. The normalized spacial score (nSPS) is 12.3. The Morgan fingerprint density at radius 3 is 2.11 bits per heavy atom. The van der Waals surface area contributed by atoms with Gasteiger partial charge in [-0.1, -0.05) is 6.07 Å². The molecule has 0 aromatic heterocycles. The number of rotatable bonds is 4. The molecule has 5 nitrogen and oxygen atoms in total. The third kappa shape index (κ3) is 3.37. The van der Waals surface area contributed by atoms with Crippen LogP contribution in [0.3, 0.4) is 0 Å². The molecule has 1 N–H and O–H groups in total. The molecule has 0 aliphatic heterocycles. The van der Waals surface area contributed by atoms with Crippen LogP contribution in [-0.4, -0.2) is 41.4 Å². The Hall–Kier alpha value is -0.770. The summed E-state index contributed by atoms with van der Waals surface area (Å²) in [4.78, 5) is 10.1. The van der Waals surface area contributed by atoms with Crippen LogP contribution in [0, 0.1) is 10.1 Å². The maximum absolute atomic E-state index is 10.8. The SMILES string of the molecule is [B]C([B])(O)c1cc([N+](=O)[O-])cc(C([B])([B])OP)c1. The van der Waals surface area contributed by atoms with E-state index in [2.05, 4.69) is 0 Å². The third-order valence-corrected chi connectivity index (χ3v) is 2.63. The highest BCUT2D eigenvalue weighted by Gasteiger charge is 2.26. The van der Waals surface area contributed by atoms with Crippen molar-refractivity contribution >= 4 is 46.5 Å². The molecule has 10 heteroatoms. The van der Waals surface area contributed by atoms with Gasteiger partial charge in [-0.25, -0.2) is 0 Å². The number of nitrogens with zero attached hydrogens (tertiary/aromatic N) is 1. The first-order valence-electron chi connectivity index (χ1n) is 4.64. The van der Waals surface area contributed by atoms with E-state index in [0.717, 1.165) is 12.1 Å². The fourth-order valence-corrected chi connectivity index (χ4v) is 1.38. The largest absolute Gasteiger partial charge is 0.405 e. The van der Waals surface area contributed by atoms with E-state index in [4.69, 9.17) is 35.9 Å². The van der Waals surface area contributed by atoms with Gasteiger partial charge in [0.2, 0.25) is 0 Å². The molecule has 1 unspecified atom stereocenters. The van der Waals surface area contributed by atoms with E-state index in [-0.39, 0.29) is 16.8 Å². The predicted molar refractivity (Wildman–Crippen MR) is 72.5 cm³/mol. The Labute approximate surface area is 112 Å². The first kappa shape index (κ1) is 15.3. The smallest absolute Gasteiger partial charge is 0.270 e. The van der Waals surface area contributed by atoms with E-state index >= 15 is 0 Å². The van der Waals surface area contributed by atoms with E-state index in [1.807, 2.05) is 9.47 Å². The molecule has 0 fully saturated rings. The Balaban J connectivity index is 3.46. The van der Waals surface area contributed by atoms with Crippen LogP contribution in [0.5, 0.6) is 0 Å². The van der Waals surface area contributed by atoms with E-state index in [1.54, 1.807) is 0 Å². The Morgan fingerprint density at radius 1 is 1.22 bits per heavy atom. The number of aliphatic hydroxyl groups is 1. The summed E-state index contributed by atoms with van der Waals surface area (Å²) in [5.74, 6) is 0. The number of hydrogen-bond acceptors (Lipinski definition) is 4.